The fraction of sp³-hybridized carbons (Fsp3) is 0.625. The van der Waals surface area contributed by atoms with Crippen molar-refractivity contribution in [1.82, 2.24) is 0 Å². The lowest BCUT2D eigenvalue weighted by Gasteiger charge is -2.10. The lowest BCUT2D eigenvalue weighted by atomic mass is 10.0. The number of hydrogen-bond acceptors (Lipinski definition) is 3. The molecule has 3 nitrogen and oxygen atoms in total. The van der Waals surface area contributed by atoms with E-state index in [4.69, 9.17) is 0 Å². The topological polar surface area (TPSA) is 60.7 Å². The van der Waals surface area contributed by atoms with E-state index in [0.717, 1.165) is 37.7 Å². The zero-order chi connectivity index (χ0) is 14.1. The summed E-state index contributed by atoms with van der Waals surface area (Å²) in [6.07, 6.45) is 7.99. The van der Waals surface area contributed by atoms with Gasteiger partial charge in [0.1, 0.15) is 0 Å². The molecular formula is C16H26O3. The van der Waals surface area contributed by atoms with E-state index in [1.54, 1.807) is 6.07 Å². The molecule has 0 bridgehead atoms. The van der Waals surface area contributed by atoms with Crippen molar-refractivity contribution in [2.75, 3.05) is 0 Å². The Morgan fingerprint density at radius 3 is 2.37 bits per heavy atom. The van der Waals surface area contributed by atoms with Crippen molar-refractivity contribution < 1.29 is 15.3 Å². The third kappa shape index (κ3) is 6.48. The maximum atomic E-state index is 9.84. The van der Waals surface area contributed by atoms with Gasteiger partial charge < -0.3 is 15.3 Å². The van der Waals surface area contributed by atoms with Crippen LogP contribution < -0.4 is 0 Å². The smallest absolute Gasteiger partial charge is 0.157 e. The summed E-state index contributed by atoms with van der Waals surface area (Å²) in [7, 11) is 0. The van der Waals surface area contributed by atoms with Crippen molar-refractivity contribution in [3.8, 4) is 11.5 Å². The molecule has 1 atom stereocenters. The fourth-order valence-electron chi connectivity index (χ4n) is 2.22. The van der Waals surface area contributed by atoms with Gasteiger partial charge in [-0.3, -0.25) is 0 Å². The quantitative estimate of drug-likeness (QED) is 0.471. The van der Waals surface area contributed by atoms with Crippen molar-refractivity contribution in [2.24, 2.45) is 0 Å². The molecule has 108 valence electrons. The molecule has 0 fully saturated rings. The highest BCUT2D eigenvalue weighted by molar-refractivity contribution is 5.40. The van der Waals surface area contributed by atoms with Gasteiger partial charge in [-0.05, 0) is 43.4 Å². The highest BCUT2D eigenvalue weighted by atomic mass is 16.3. The first-order valence-corrected chi connectivity index (χ1v) is 7.32. The van der Waals surface area contributed by atoms with Crippen molar-refractivity contribution >= 4 is 0 Å². The lowest BCUT2D eigenvalue weighted by Crippen LogP contribution is -2.06. The Morgan fingerprint density at radius 2 is 1.68 bits per heavy atom. The second-order valence-electron chi connectivity index (χ2n) is 5.22. The van der Waals surface area contributed by atoms with Gasteiger partial charge in [-0.25, -0.2) is 0 Å². The number of aryl methyl sites for hydroxylation is 1. The Labute approximate surface area is 115 Å². The highest BCUT2D eigenvalue weighted by Crippen LogP contribution is 2.25. The average Bonchev–Trinajstić information content (AvgIpc) is 2.39. The van der Waals surface area contributed by atoms with Gasteiger partial charge in [0.05, 0.1) is 6.10 Å². The number of phenolic OH excluding ortho intramolecular Hbond substituents is 2. The van der Waals surface area contributed by atoms with Crippen molar-refractivity contribution in [2.45, 2.75) is 64.4 Å². The number of unbranched alkanes of at least 4 members (excludes halogenated alkanes) is 3. The SMILES string of the molecule is CCCCCCC(O)CCCc1ccc(O)c(O)c1. The number of phenols is 2. The van der Waals surface area contributed by atoms with E-state index in [2.05, 4.69) is 6.92 Å². The summed E-state index contributed by atoms with van der Waals surface area (Å²) < 4.78 is 0. The van der Waals surface area contributed by atoms with Crippen molar-refractivity contribution in [3.05, 3.63) is 23.8 Å². The molecule has 1 unspecified atom stereocenters. The fourth-order valence-corrected chi connectivity index (χ4v) is 2.22. The molecule has 0 aliphatic rings. The molecule has 0 aromatic heterocycles. The molecule has 19 heavy (non-hydrogen) atoms. The minimum atomic E-state index is -0.206. The number of aliphatic hydroxyl groups excluding tert-OH is 1. The molecule has 0 aliphatic heterocycles. The van der Waals surface area contributed by atoms with Crippen LogP contribution in [0.15, 0.2) is 18.2 Å². The summed E-state index contributed by atoms with van der Waals surface area (Å²) in [4.78, 5) is 0. The molecule has 3 heteroatoms. The minimum absolute atomic E-state index is 0.0717. The Kier molecular flexibility index (Phi) is 7.34. The molecule has 0 radical (unpaired) electrons. The van der Waals surface area contributed by atoms with Crippen molar-refractivity contribution in [1.29, 1.82) is 0 Å². The van der Waals surface area contributed by atoms with Crippen LogP contribution in [0.4, 0.5) is 0 Å². The molecular weight excluding hydrogens is 240 g/mol. The molecule has 0 saturated heterocycles. The Hall–Kier alpha value is -1.22. The van der Waals surface area contributed by atoms with Gasteiger partial charge in [0.15, 0.2) is 11.5 Å². The molecule has 3 N–H and O–H groups in total. The van der Waals surface area contributed by atoms with Crippen LogP contribution in [-0.2, 0) is 6.42 Å². The average molecular weight is 266 g/mol. The first-order valence-electron chi connectivity index (χ1n) is 7.32. The number of hydrogen-bond donors (Lipinski definition) is 3. The van der Waals surface area contributed by atoms with Gasteiger partial charge in [-0.2, -0.15) is 0 Å². The summed E-state index contributed by atoms with van der Waals surface area (Å²) in [6.45, 7) is 2.18. The predicted octanol–water partition coefficient (Wildman–Crippen LogP) is 3.75. The molecule has 1 aromatic rings. The van der Waals surface area contributed by atoms with E-state index >= 15 is 0 Å². The summed E-state index contributed by atoms with van der Waals surface area (Å²) in [5.74, 6) is -0.155. The van der Waals surface area contributed by atoms with E-state index < -0.39 is 0 Å². The Balaban J connectivity index is 2.17. The maximum absolute atomic E-state index is 9.84. The summed E-state index contributed by atoms with van der Waals surface area (Å²) >= 11 is 0. The number of rotatable bonds is 9. The molecule has 0 heterocycles. The van der Waals surface area contributed by atoms with Crippen LogP contribution >= 0.6 is 0 Å². The van der Waals surface area contributed by atoms with E-state index in [1.807, 2.05) is 6.07 Å². The normalized spacial score (nSPS) is 12.5. The van der Waals surface area contributed by atoms with E-state index in [-0.39, 0.29) is 17.6 Å². The standard InChI is InChI=1S/C16H26O3/c1-2-3-4-5-8-14(17)9-6-7-13-10-11-15(18)16(19)12-13/h10-12,14,17-19H,2-9H2,1H3. The third-order valence-corrected chi connectivity index (χ3v) is 3.43. The van der Waals surface area contributed by atoms with Gasteiger partial charge in [0.2, 0.25) is 0 Å². The second kappa shape index (κ2) is 8.81. The van der Waals surface area contributed by atoms with Gasteiger partial charge in [0, 0.05) is 0 Å². The van der Waals surface area contributed by atoms with Crippen LogP contribution in [0.3, 0.4) is 0 Å². The molecule has 1 aromatic carbocycles. The second-order valence-corrected chi connectivity index (χ2v) is 5.22. The van der Waals surface area contributed by atoms with Gasteiger partial charge in [-0.1, -0.05) is 38.7 Å². The van der Waals surface area contributed by atoms with Crippen LogP contribution in [-0.4, -0.2) is 21.4 Å². The first kappa shape index (κ1) is 15.8. The largest absolute Gasteiger partial charge is 0.504 e. The molecule has 0 amide bonds. The Bertz CT molecular complexity index is 363. The summed E-state index contributed by atoms with van der Waals surface area (Å²) in [5, 5.41) is 28.4. The Morgan fingerprint density at radius 1 is 0.947 bits per heavy atom. The molecule has 0 saturated carbocycles. The number of aliphatic hydroxyl groups is 1. The van der Waals surface area contributed by atoms with Crippen LogP contribution in [0.1, 0.15) is 57.4 Å². The van der Waals surface area contributed by atoms with E-state index in [0.29, 0.717) is 0 Å². The number of benzene rings is 1. The maximum Gasteiger partial charge on any atom is 0.157 e. The summed E-state index contributed by atoms with van der Waals surface area (Å²) in [5.41, 5.74) is 0.994. The van der Waals surface area contributed by atoms with Crippen LogP contribution in [0.2, 0.25) is 0 Å². The molecule has 1 rings (SSSR count). The van der Waals surface area contributed by atoms with Crippen LogP contribution in [0.5, 0.6) is 11.5 Å². The van der Waals surface area contributed by atoms with Crippen LogP contribution in [0, 0.1) is 0 Å². The molecule has 0 aliphatic carbocycles. The van der Waals surface area contributed by atoms with Crippen molar-refractivity contribution in [3.63, 3.8) is 0 Å². The van der Waals surface area contributed by atoms with Gasteiger partial charge in [-0.15, -0.1) is 0 Å². The first-order chi connectivity index (χ1) is 9.13. The minimum Gasteiger partial charge on any atom is -0.504 e. The van der Waals surface area contributed by atoms with Crippen LogP contribution in [0.25, 0.3) is 0 Å². The predicted molar refractivity (Wildman–Crippen MR) is 77.5 cm³/mol. The zero-order valence-electron chi connectivity index (χ0n) is 11.8. The third-order valence-electron chi connectivity index (χ3n) is 3.43. The summed E-state index contributed by atoms with van der Waals surface area (Å²) in [6, 6.07) is 4.90. The highest BCUT2D eigenvalue weighted by Gasteiger charge is 2.05. The van der Waals surface area contributed by atoms with Gasteiger partial charge in [0.25, 0.3) is 0 Å². The zero-order valence-corrected chi connectivity index (χ0v) is 11.8. The van der Waals surface area contributed by atoms with E-state index in [9.17, 15) is 15.3 Å². The lowest BCUT2D eigenvalue weighted by molar-refractivity contribution is 0.148. The molecule has 0 spiro atoms. The monoisotopic (exact) mass is 266 g/mol. The van der Waals surface area contributed by atoms with E-state index in [1.165, 1.54) is 25.3 Å². The number of aromatic hydroxyl groups is 2. The van der Waals surface area contributed by atoms with Gasteiger partial charge >= 0.3 is 0 Å².